The summed E-state index contributed by atoms with van der Waals surface area (Å²) >= 11 is 3.72. The van der Waals surface area contributed by atoms with Gasteiger partial charge in [-0.3, -0.25) is 0 Å². The minimum atomic E-state index is 0.717. The van der Waals surface area contributed by atoms with Crippen molar-refractivity contribution in [1.82, 2.24) is 5.32 Å². The standard InChI is InChI=1S/C13H15NS2/c1-3-11(14-5-1)8-12-7-10(9-16-12)13-4-2-6-15-13/h2,4,6-7,9,11,14H,1,3,5,8H2. The van der Waals surface area contributed by atoms with E-state index in [1.165, 1.54) is 41.1 Å². The van der Waals surface area contributed by atoms with Crippen LogP contribution in [0.3, 0.4) is 0 Å². The Labute approximate surface area is 104 Å². The Balaban J connectivity index is 1.72. The van der Waals surface area contributed by atoms with E-state index in [4.69, 9.17) is 0 Å². The molecule has 0 saturated carbocycles. The molecule has 2 aromatic heterocycles. The summed E-state index contributed by atoms with van der Waals surface area (Å²) < 4.78 is 0. The first-order chi connectivity index (χ1) is 7.92. The first kappa shape index (κ1) is 10.5. The molecule has 1 saturated heterocycles. The maximum Gasteiger partial charge on any atom is 0.0351 e. The van der Waals surface area contributed by atoms with Gasteiger partial charge in [-0.05, 0) is 48.7 Å². The molecule has 3 rings (SSSR count). The summed E-state index contributed by atoms with van der Waals surface area (Å²) in [5.41, 5.74) is 1.40. The number of rotatable bonds is 3. The van der Waals surface area contributed by atoms with E-state index in [2.05, 4.69) is 34.3 Å². The molecule has 0 amide bonds. The molecular weight excluding hydrogens is 234 g/mol. The molecule has 2 aromatic rings. The van der Waals surface area contributed by atoms with Crippen molar-refractivity contribution in [2.24, 2.45) is 0 Å². The van der Waals surface area contributed by atoms with Gasteiger partial charge in [-0.25, -0.2) is 0 Å². The van der Waals surface area contributed by atoms with Gasteiger partial charge in [0.05, 0.1) is 0 Å². The minimum absolute atomic E-state index is 0.717. The lowest BCUT2D eigenvalue weighted by Crippen LogP contribution is -2.23. The van der Waals surface area contributed by atoms with Crippen molar-refractivity contribution < 1.29 is 0 Å². The molecule has 0 radical (unpaired) electrons. The zero-order valence-corrected chi connectivity index (χ0v) is 10.7. The highest BCUT2D eigenvalue weighted by atomic mass is 32.1. The van der Waals surface area contributed by atoms with Crippen LogP contribution >= 0.6 is 22.7 Å². The van der Waals surface area contributed by atoms with Crippen LogP contribution in [0.25, 0.3) is 10.4 Å². The third-order valence-corrected chi connectivity index (χ3v) is 4.95. The summed E-state index contributed by atoms with van der Waals surface area (Å²) in [5, 5.41) is 7.99. The van der Waals surface area contributed by atoms with Crippen LogP contribution in [0.2, 0.25) is 0 Å². The second-order valence-corrected chi connectivity index (χ2v) is 6.22. The van der Waals surface area contributed by atoms with Gasteiger partial charge >= 0.3 is 0 Å². The van der Waals surface area contributed by atoms with E-state index in [-0.39, 0.29) is 0 Å². The van der Waals surface area contributed by atoms with E-state index in [0.29, 0.717) is 0 Å². The summed E-state index contributed by atoms with van der Waals surface area (Å²) in [7, 11) is 0. The SMILES string of the molecule is c1csc(-c2csc(CC3CCCN3)c2)c1. The van der Waals surface area contributed by atoms with Gasteiger partial charge in [-0.15, -0.1) is 22.7 Å². The second-order valence-electron chi connectivity index (χ2n) is 4.28. The number of hydrogen-bond acceptors (Lipinski definition) is 3. The molecule has 3 heteroatoms. The highest BCUT2D eigenvalue weighted by Crippen LogP contribution is 2.30. The Morgan fingerprint density at radius 1 is 1.38 bits per heavy atom. The third kappa shape index (κ3) is 2.21. The summed E-state index contributed by atoms with van der Waals surface area (Å²) in [4.78, 5) is 2.91. The molecule has 1 fully saturated rings. The number of nitrogens with one attached hydrogen (secondary N) is 1. The van der Waals surface area contributed by atoms with Crippen molar-refractivity contribution in [2.75, 3.05) is 6.54 Å². The predicted octanol–water partition coefficient (Wildman–Crippen LogP) is 3.77. The molecular formula is C13H15NS2. The zero-order chi connectivity index (χ0) is 10.8. The molecule has 0 aliphatic carbocycles. The van der Waals surface area contributed by atoms with E-state index in [0.717, 1.165) is 6.04 Å². The van der Waals surface area contributed by atoms with Gasteiger partial charge in [0.2, 0.25) is 0 Å². The van der Waals surface area contributed by atoms with Gasteiger partial charge in [0.1, 0.15) is 0 Å². The fourth-order valence-corrected chi connectivity index (χ4v) is 3.99. The van der Waals surface area contributed by atoms with Gasteiger partial charge in [-0.1, -0.05) is 6.07 Å². The molecule has 0 aromatic carbocycles. The third-order valence-electron chi connectivity index (χ3n) is 3.07. The second kappa shape index (κ2) is 4.70. The van der Waals surface area contributed by atoms with E-state index in [1.54, 1.807) is 0 Å². The first-order valence-corrected chi connectivity index (χ1v) is 7.52. The molecule has 84 valence electrons. The molecule has 16 heavy (non-hydrogen) atoms. The van der Waals surface area contributed by atoms with Crippen LogP contribution < -0.4 is 5.32 Å². The lowest BCUT2D eigenvalue weighted by atomic mass is 10.1. The Kier molecular flexibility index (Phi) is 3.09. The molecule has 1 aliphatic heterocycles. The zero-order valence-electron chi connectivity index (χ0n) is 9.11. The van der Waals surface area contributed by atoms with Gasteiger partial charge < -0.3 is 5.32 Å². The molecule has 0 bridgehead atoms. The lowest BCUT2D eigenvalue weighted by molar-refractivity contribution is 0.608. The Bertz CT molecular complexity index is 438. The maximum atomic E-state index is 3.56. The van der Waals surface area contributed by atoms with Crippen LogP contribution in [0.5, 0.6) is 0 Å². The highest BCUT2D eigenvalue weighted by molar-refractivity contribution is 7.14. The summed E-state index contributed by atoms with van der Waals surface area (Å²) in [6, 6.07) is 7.39. The van der Waals surface area contributed by atoms with Gasteiger partial charge in [-0.2, -0.15) is 0 Å². The van der Waals surface area contributed by atoms with E-state index in [9.17, 15) is 0 Å². The predicted molar refractivity (Wildman–Crippen MR) is 72.4 cm³/mol. The van der Waals surface area contributed by atoms with Crippen LogP contribution in [0.1, 0.15) is 17.7 Å². The fraction of sp³-hybridized carbons (Fsp3) is 0.385. The van der Waals surface area contributed by atoms with Crippen molar-refractivity contribution in [3.63, 3.8) is 0 Å². The lowest BCUT2D eigenvalue weighted by Gasteiger charge is -2.06. The molecule has 1 aliphatic rings. The normalized spacial score (nSPS) is 20.4. The first-order valence-electron chi connectivity index (χ1n) is 5.76. The van der Waals surface area contributed by atoms with Crippen LogP contribution in [0.15, 0.2) is 29.0 Å². The summed E-state index contributed by atoms with van der Waals surface area (Å²) in [6.45, 7) is 1.20. The molecule has 1 atom stereocenters. The van der Waals surface area contributed by atoms with Crippen LogP contribution in [-0.2, 0) is 6.42 Å². The molecule has 1 nitrogen and oxygen atoms in total. The van der Waals surface area contributed by atoms with Crippen LogP contribution in [0, 0.1) is 0 Å². The summed E-state index contributed by atoms with van der Waals surface area (Å²) in [6.07, 6.45) is 3.89. The van der Waals surface area contributed by atoms with E-state index >= 15 is 0 Å². The minimum Gasteiger partial charge on any atom is -0.314 e. The average molecular weight is 249 g/mol. The van der Waals surface area contributed by atoms with Crippen molar-refractivity contribution in [3.8, 4) is 10.4 Å². The van der Waals surface area contributed by atoms with Crippen LogP contribution in [-0.4, -0.2) is 12.6 Å². The van der Waals surface area contributed by atoms with Gasteiger partial charge in [0, 0.05) is 21.4 Å². The van der Waals surface area contributed by atoms with Gasteiger partial charge in [0.15, 0.2) is 0 Å². The maximum absolute atomic E-state index is 3.56. The van der Waals surface area contributed by atoms with Crippen molar-refractivity contribution in [2.45, 2.75) is 25.3 Å². The highest BCUT2D eigenvalue weighted by Gasteiger charge is 2.15. The Morgan fingerprint density at radius 3 is 3.12 bits per heavy atom. The van der Waals surface area contributed by atoms with E-state index < -0.39 is 0 Å². The summed E-state index contributed by atoms with van der Waals surface area (Å²) in [5.74, 6) is 0. The smallest absolute Gasteiger partial charge is 0.0351 e. The molecule has 1 unspecified atom stereocenters. The van der Waals surface area contributed by atoms with Crippen molar-refractivity contribution in [3.05, 3.63) is 33.8 Å². The number of thiophene rings is 2. The largest absolute Gasteiger partial charge is 0.314 e. The van der Waals surface area contributed by atoms with Crippen molar-refractivity contribution in [1.29, 1.82) is 0 Å². The average Bonchev–Trinajstić information content (AvgIpc) is 2.99. The van der Waals surface area contributed by atoms with E-state index in [1.807, 2.05) is 22.7 Å². The van der Waals surface area contributed by atoms with Crippen molar-refractivity contribution >= 4 is 22.7 Å². The Hall–Kier alpha value is -0.640. The topological polar surface area (TPSA) is 12.0 Å². The molecule has 0 spiro atoms. The monoisotopic (exact) mass is 249 g/mol. The van der Waals surface area contributed by atoms with Crippen LogP contribution in [0.4, 0.5) is 0 Å². The van der Waals surface area contributed by atoms with Gasteiger partial charge in [0.25, 0.3) is 0 Å². The molecule has 1 N–H and O–H groups in total. The molecule has 3 heterocycles. The fourth-order valence-electron chi connectivity index (χ4n) is 2.23. The number of hydrogen-bond donors (Lipinski definition) is 1. The Morgan fingerprint density at radius 2 is 2.38 bits per heavy atom. The quantitative estimate of drug-likeness (QED) is 0.873.